The van der Waals surface area contributed by atoms with Crippen molar-refractivity contribution in [2.75, 3.05) is 6.54 Å². The predicted molar refractivity (Wildman–Crippen MR) is 90.8 cm³/mol. The Bertz CT molecular complexity index is 678. The van der Waals surface area contributed by atoms with Crippen molar-refractivity contribution in [2.24, 2.45) is 0 Å². The third kappa shape index (κ3) is 3.13. The van der Waals surface area contributed by atoms with E-state index in [0.717, 1.165) is 17.9 Å². The molecule has 2 aromatic carbocycles. The lowest BCUT2D eigenvalue weighted by molar-refractivity contribution is 0.0928. The van der Waals surface area contributed by atoms with Crippen LogP contribution in [-0.4, -0.2) is 12.5 Å². The van der Waals surface area contributed by atoms with Crippen molar-refractivity contribution in [2.45, 2.75) is 24.7 Å². The molecule has 2 aromatic rings. The fourth-order valence-corrected chi connectivity index (χ4v) is 3.27. The molecule has 114 valence electrons. The largest absolute Gasteiger partial charge is 0.351 e. The minimum Gasteiger partial charge on any atom is -0.351 e. The van der Waals surface area contributed by atoms with Gasteiger partial charge in [0.05, 0.1) is 0 Å². The number of carbonyl (C=O) groups is 1. The Hall–Kier alpha value is -1.51. The number of rotatable bonds is 4. The highest BCUT2D eigenvalue weighted by Gasteiger charge is 2.38. The Kier molecular flexibility index (Phi) is 4.42. The van der Waals surface area contributed by atoms with Gasteiger partial charge in [0.25, 0.3) is 5.91 Å². The molecule has 0 saturated heterocycles. The summed E-state index contributed by atoms with van der Waals surface area (Å²) < 4.78 is 0. The third-order valence-corrected chi connectivity index (χ3v) is 4.93. The molecular weight excluding hydrogens is 317 g/mol. The van der Waals surface area contributed by atoms with Gasteiger partial charge in [-0.2, -0.15) is 0 Å². The smallest absolute Gasteiger partial charge is 0.251 e. The lowest BCUT2D eigenvalue weighted by Crippen LogP contribution is -2.45. The van der Waals surface area contributed by atoms with Crippen LogP contribution in [0, 0.1) is 0 Å². The molecule has 0 atom stereocenters. The Morgan fingerprint density at radius 3 is 2.36 bits per heavy atom. The zero-order valence-corrected chi connectivity index (χ0v) is 13.6. The third-order valence-electron chi connectivity index (χ3n) is 4.44. The van der Waals surface area contributed by atoms with Crippen LogP contribution in [0.3, 0.4) is 0 Å². The number of hydrogen-bond donors (Lipinski definition) is 1. The van der Waals surface area contributed by atoms with E-state index in [1.165, 1.54) is 12.0 Å². The predicted octanol–water partition coefficient (Wildman–Crippen LogP) is 4.85. The zero-order chi connectivity index (χ0) is 15.6. The maximum Gasteiger partial charge on any atom is 0.251 e. The van der Waals surface area contributed by atoms with Gasteiger partial charge in [-0.1, -0.05) is 47.8 Å². The molecule has 1 fully saturated rings. The van der Waals surface area contributed by atoms with Crippen LogP contribution in [0.2, 0.25) is 10.0 Å². The number of amides is 1. The summed E-state index contributed by atoms with van der Waals surface area (Å²) in [7, 11) is 0. The summed E-state index contributed by atoms with van der Waals surface area (Å²) in [6.45, 7) is 0.639. The number of carbonyl (C=O) groups excluding carboxylic acids is 1. The molecule has 0 bridgehead atoms. The minimum atomic E-state index is -0.0808. The SMILES string of the molecule is O=C(NCC1(c2ccc(Cl)cc2)CCC1)c1cccc(Cl)c1. The second-order valence-corrected chi connectivity index (χ2v) is 6.71. The summed E-state index contributed by atoms with van der Waals surface area (Å²) in [5, 5.41) is 4.36. The zero-order valence-electron chi connectivity index (χ0n) is 12.1. The second-order valence-electron chi connectivity index (χ2n) is 5.83. The first-order valence-corrected chi connectivity index (χ1v) is 8.14. The Balaban J connectivity index is 1.71. The molecule has 1 aliphatic rings. The molecule has 22 heavy (non-hydrogen) atoms. The first kappa shape index (κ1) is 15.4. The average Bonchev–Trinajstić information content (AvgIpc) is 2.47. The lowest BCUT2D eigenvalue weighted by atomic mass is 9.64. The van der Waals surface area contributed by atoms with Gasteiger partial charge < -0.3 is 5.32 Å². The van der Waals surface area contributed by atoms with E-state index >= 15 is 0 Å². The molecule has 1 N–H and O–H groups in total. The molecule has 0 radical (unpaired) electrons. The maximum atomic E-state index is 12.3. The highest BCUT2D eigenvalue weighted by molar-refractivity contribution is 6.31. The van der Waals surface area contributed by atoms with Crippen LogP contribution >= 0.6 is 23.2 Å². The van der Waals surface area contributed by atoms with E-state index in [9.17, 15) is 4.79 Å². The number of hydrogen-bond acceptors (Lipinski definition) is 1. The fourth-order valence-electron chi connectivity index (χ4n) is 2.96. The molecule has 1 amide bonds. The first-order chi connectivity index (χ1) is 10.6. The van der Waals surface area contributed by atoms with E-state index in [2.05, 4.69) is 17.4 Å². The summed E-state index contributed by atoms with van der Waals surface area (Å²) in [5.41, 5.74) is 1.88. The van der Waals surface area contributed by atoms with E-state index in [4.69, 9.17) is 23.2 Å². The molecule has 0 spiro atoms. The Morgan fingerprint density at radius 1 is 1.05 bits per heavy atom. The average molecular weight is 334 g/mol. The van der Waals surface area contributed by atoms with Crippen molar-refractivity contribution < 1.29 is 4.79 Å². The van der Waals surface area contributed by atoms with Crippen molar-refractivity contribution in [3.05, 3.63) is 69.7 Å². The van der Waals surface area contributed by atoms with E-state index in [-0.39, 0.29) is 11.3 Å². The lowest BCUT2D eigenvalue weighted by Gasteiger charge is -2.42. The monoisotopic (exact) mass is 333 g/mol. The van der Waals surface area contributed by atoms with Crippen molar-refractivity contribution in [1.29, 1.82) is 0 Å². The minimum absolute atomic E-state index is 0.0405. The van der Waals surface area contributed by atoms with E-state index in [1.807, 2.05) is 12.1 Å². The molecule has 1 saturated carbocycles. The molecule has 0 unspecified atom stereocenters. The van der Waals surface area contributed by atoms with Gasteiger partial charge in [-0.05, 0) is 48.7 Å². The van der Waals surface area contributed by atoms with E-state index < -0.39 is 0 Å². The fraction of sp³-hybridized carbons (Fsp3) is 0.278. The van der Waals surface area contributed by atoms with Gasteiger partial charge in [0.2, 0.25) is 0 Å². The van der Waals surface area contributed by atoms with Gasteiger partial charge in [0.15, 0.2) is 0 Å². The summed E-state index contributed by atoms with van der Waals surface area (Å²) in [4.78, 5) is 12.3. The van der Waals surface area contributed by atoms with Crippen LogP contribution in [0.4, 0.5) is 0 Å². The molecule has 0 aliphatic heterocycles. The first-order valence-electron chi connectivity index (χ1n) is 7.39. The molecule has 0 heterocycles. The van der Waals surface area contributed by atoms with Crippen LogP contribution in [0.5, 0.6) is 0 Å². The van der Waals surface area contributed by atoms with Gasteiger partial charge in [-0.15, -0.1) is 0 Å². The van der Waals surface area contributed by atoms with Crippen LogP contribution in [0.1, 0.15) is 35.2 Å². The van der Waals surface area contributed by atoms with Crippen molar-refractivity contribution in [1.82, 2.24) is 5.32 Å². The Labute approximate surface area is 140 Å². The highest BCUT2D eigenvalue weighted by Crippen LogP contribution is 2.43. The van der Waals surface area contributed by atoms with Gasteiger partial charge in [-0.25, -0.2) is 0 Å². The molecule has 4 heteroatoms. The van der Waals surface area contributed by atoms with Crippen LogP contribution < -0.4 is 5.32 Å². The summed E-state index contributed by atoms with van der Waals surface area (Å²) in [6.07, 6.45) is 3.37. The van der Waals surface area contributed by atoms with Gasteiger partial charge in [0, 0.05) is 27.6 Å². The molecule has 3 rings (SSSR count). The number of nitrogens with one attached hydrogen (secondary N) is 1. The summed E-state index contributed by atoms with van der Waals surface area (Å²) in [5.74, 6) is -0.0808. The van der Waals surface area contributed by atoms with E-state index in [0.29, 0.717) is 17.1 Å². The van der Waals surface area contributed by atoms with Crippen LogP contribution in [-0.2, 0) is 5.41 Å². The van der Waals surface area contributed by atoms with Gasteiger partial charge >= 0.3 is 0 Å². The van der Waals surface area contributed by atoms with Gasteiger partial charge in [-0.3, -0.25) is 4.79 Å². The topological polar surface area (TPSA) is 29.1 Å². The number of halogens is 2. The number of benzene rings is 2. The maximum absolute atomic E-state index is 12.3. The second kappa shape index (κ2) is 6.31. The summed E-state index contributed by atoms with van der Waals surface area (Å²) >= 11 is 11.9. The molecule has 2 nitrogen and oxygen atoms in total. The normalized spacial score (nSPS) is 15.9. The van der Waals surface area contributed by atoms with Crippen LogP contribution in [0.15, 0.2) is 48.5 Å². The van der Waals surface area contributed by atoms with E-state index in [1.54, 1.807) is 24.3 Å². The molecule has 1 aliphatic carbocycles. The van der Waals surface area contributed by atoms with Crippen molar-refractivity contribution in [3.63, 3.8) is 0 Å². The van der Waals surface area contributed by atoms with Gasteiger partial charge in [0.1, 0.15) is 0 Å². The van der Waals surface area contributed by atoms with Crippen molar-refractivity contribution >= 4 is 29.1 Å². The quantitative estimate of drug-likeness (QED) is 0.851. The van der Waals surface area contributed by atoms with Crippen molar-refractivity contribution in [3.8, 4) is 0 Å². The molecular formula is C18H17Cl2NO. The molecule has 0 aromatic heterocycles. The standard InChI is InChI=1S/C18H17Cl2NO/c19-15-7-5-14(6-8-15)18(9-2-10-18)12-21-17(22)13-3-1-4-16(20)11-13/h1,3-8,11H,2,9-10,12H2,(H,21,22). The Morgan fingerprint density at radius 2 is 1.77 bits per heavy atom. The summed E-state index contributed by atoms with van der Waals surface area (Å²) in [6, 6.07) is 15.0. The van der Waals surface area contributed by atoms with Crippen LogP contribution in [0.25, 0.3) is 0 Å². The highest BCUT2D eigenvalue weighted by atomic mass is 35.5.